The highest BCUT2D eigenvalue weighted by Gasteiger charge is 2.43. The molecule has 2 heterocycles. The second-order valence-corrected chi connectivity index (χ2v) is 5.84. The molecule has 102 valence electrons. The number of rotatable bonds is 1. The lowest BCUT2D eigenvalue weighted by atomic mass is 9.99. The Balaban J connectivity index is 1.77. The molecule has 2 aliphatic rings. The molecule has 20 heavy (non-hydrogen) atoms. The lowest BCUT2D eigenvalue weighted by Crippen LogP contribution is -2.29. The van der Waals surface area contributed by atoms with Crippen LogP contribution in [0.2, 0.25) is 0 Å². The van der Waals surface area contributed by atoms with Crippen LogP contribution in [0.5, 0.6) is 0 Å². The van der Waals surface area contributed by atoms with E-state index in [4.69, 9.17) is 5.73 Å². The summed E-state index contributed by atoms with van der Waals surface area (Å²) >= 11 is 0. The van der Waals surface area contributed by atoms with Gasteiger partial charge in [-0.2, -0.15) is 0 Å². The first kappa shape index (κ1) is 11.7. The molecule has 2 atom stereocenters. The molecule has 1 aromatic carbocycles. The van der Waals surface area contributed by atoms with Gasteiger partial charge in [0.15, 0.2) is 0 Å². The molecular formula is C16H18N4. The van der Waals surface area contributed by atoms with Crippen LogP contribution in [0, 0.1) is 13.8 Å². The number of benzene rings is 1. The summed E-state index contributed by atoms with van der Waals surface area (Å²) in [5.41, 5.74) is 11.4. The van der Waals surface area contributed by atoms with Crippen LogP contribution in [0.3, 0.4) is 0 Å². The number of nitrogens with two attached hydrogens (primary N) is 1. The maximum Gasteiger partial charge on any atom is 0.226 e. The molecule has 0 spiro atoms. The van der Waals surface area contributed by atoms with Crippen LogP contribution in [-0.2, 0) is 0 Å². The topological polar surface area (TPSA) is 55.0 Å². The van der Waals surface area contributed by atoms with Gasteiger partial charge < -0.3 is 10.6 Å². The van der Waals surface area contributed by atoms with Gasteiger partial charge in [-0.3, -0.25) is 0 Å². The maximum absolute atomic E-state index is 5.96. The lowest BCUT2D eigenvalue weighted by Gasteiger charge is -2.29. The van der Waals surface area contributed by atoms with E-state index in [2.05, 4.69) is 39.1 Å². The quantitative estimate of drug-likeness (QED) is 0.862. The van der Waals surface area contributed by atoms with E-state index >= 15 is 0 Å². The highest BCUT2D eigenvalue weighted by atomic mass is 15.3. The van der Waals surface area contributed by atoms with E-state index in [1.54, 1.807) is 0 Å². The minimum atomic E-state index is 0.429. The highest BCUT2D eigenvalue weighted by molar-refractivity contribution is 5.55. The van der Waals surface area contributed by atoms with Crippen molar-refractivity contribution in [3.63, 3.8) is 0 Å². The van der Waals surface area contributed by atoms with Gasteiger partial charge in [0.05, 0.1) is 23.1 Å². The van der Waals surface area contributed by atoms with Crippen molar-refractivity contribution in [3.05, 3.63) is 46.8 Å². The first-order valence-electron chi connectivity index (χ1n) is 7.11. The third-order valence-corrected chi connectivity index (χ3v) is 4.67. The van der Waals surface area contributed by atoms with Crippen LogP contribution in [0.1, 0.15) is 40.9 Å². The molecule has 1 saturated heterocycles. The second-order valence-electron chi connectivity index (χ2n) is 5.84. The normalized spacial score (nSPS) is 23.2. The molecule has 2 unspecified atom stereocenters. The molecule has 4 heteroatoms. The van der Waals surface area contributed by atoms with E-state index in [1.165, 1.54) is 17.5 Å². The number of aryl methyl sites for hydroxylation is 2. The van der Waals surface area contributed by atoms with Crippen molar-refractivity contribution >= 4 is 11.6 Å². The summed E-state index contributed by atoms with van der Waals surface area (Å²) in [6, 6.07) is 9.19. The van der Waals surface area contributed by atoms with Gasteiger partial charge in [-0.25, -0.2) is 9.97 Å². The fourth-order valence-electron chi connectivity index (χ4n) is 3.60. The number of hydrogen-bond acceptors (Lipinski definition) is 4. The Morgan fingerprint density at radius 2 is 1.75 bits per heavy atom. The number of nitrogens with zero attached hydrogens (tertiary/aromatic N) is 3. The molecule has 0 saturated carbocycles. The van der Waals surface area contributed by atoms with Crippen LogP contribution in [-0.4, -0.2) is 16.5 Å². The average molecular weight is 266 g/mol. The third kappa shape index (κ3) is 1.48. The predicted octanol–water partition coefficient (Wildman–Crippen LogP) is 2.72. The summed E-state index contributed by atoms with van der Waals surface area (Å²) in [6.45, 7) is 4.93. The van der Waals surface area contributed by atoms with Crippen molar-refractivity contribution in [2.24, 2.45) is 0 Å². The standard InChI is InChI=1S/C16H18N4/c1-9-15(17)10(2)19-16(18-9)20-8-11-7-14(20)13-6-4-3-5-12(11)13/h3-6,11,14H,7-8,17H2,1-2H3. The second kappa shape index (κ2) is 3.95. The molecule has 2 aromatic rings. The van der Waals surface area contributed by atoms with Gasteiger partial charge in [-0.05, 0) is 31.4 Å². The predicted molar refractivity (Wildman–Crippen MR) is 79.8 cm³/mol. The molecule has 1 fully saturated rings. The third-order valence-electron chi connectivity index (χ3n) is 4.67. The van der Waals surface area contributed by atoms with E-state index < -0.39 is 0 Å². The smallest absolute Gasteiger partial charge is 0.226 e. The van der Waals surface area contributed by atoms with Crippen molar-refractivity contribution in [2.45, 2.75) is 32.2 Å². The van der Waals surface area contributed by atoms with Crippen molar-refractivity contribution in [1.82, 2.24) is 9.97 Å². The Bertz CT molecular complexity index is 672. The first-order valence-corrected chi connectivity index (χ1v) is 7.11. The molecular weight excluding hydrogens is 248 g/mol. The van der Waals surface area contributed by atoms with Crippen molar-refractivity contribution < 1.29 is 0 Å². The van der Waals surface area contributed by atoms with E-state index in [1.807, 2.05) is 13.8 Å². The summed E-state index contributed by atoms with van der Waals surface area (Å²) in [5.74, 6) is 1.45. The van der Waals surface area contributed by atoms with E-state index in [-0.39, 0.29) is 0 Å². The van der Waals surface area contributed by atoms with E-state index in [0.717, 1.165) is 23.9 Å². The maximum atomic E-state index is 5.96. The Hall–Kier alpha value is -2.10. The molecule has 2 N–H and O–H groups in total. The van der Waals surface area contributed by atoms with Gasteiger partial charge in [-0.1, -0.05) is 24.3 Å². The molecule has 4 nitrogen and oxygen atoms in total. The number of hydrogen-bond donors (Lipinski definition) is 1. The monoisotopic (exact) mass is 266 g/mol. The van der Waals surface area contributed by atoms with Crippen LogP contribution in [0.4, 0.5) is 11.6 Å². The highest BCUT2D eigenvalue weighted by Crippen LogP contribution is 2.50. The Morgan fingerprint density at radius 1 is 1.10 bits per heavy atom. The van der Waals surface area contributed by atoms with Crippen LogP contribution >= 0.6 is 0 Å². The van der Waals surface area contributed by atoms with E-state index in [9.17, 15) is 0 Å². The van der Waals surface area contributed by atoms with Gasteiger partial charge >= 0.3 is 0 Å². The fourth-order valence-corrected chi connectivity index (χ4v) is 3.60. The fraction of sp³-hybridized carbons (Fsp3) is 0.375. The van der Waals surface area contributed by atoms with Crippen LogP contribution < -0.4 is 10.6 Å². The Kier molecular flexibility index (Phi) is 2.31. The Labute approximate surface area is 118 Å². The zero-order valence-electron chi connectivity index (χ0n) is 11.8. The average Bonchev–Trinajstić information content (AvgIpc) is 3.03. The Morgan fingerprint density at radius 3 is 2.45 bits per heavy atom. The minimum Gasteiger partial charge on any atom is -0.396 e. The molecule has 1 aromatic heterocycles. The van der Waals surface area contributed by atoms with Crippen LogP contribution in [0.15, 0.2) is 24.3 Å². The van der Waals surface area contributed by atoms with Gasteiger partial charge in [0.25, 0.3) is 0 Å². The van der Waals surface area contributed by atoms with Gasteiger partial charge in [0.2, 0.25) is 5.95 Å². The van der Waals surface area contributed by atoms with E-state index in [0.29, 0.717) is 17.6 Å². The molecule has 4 rings (SSSR count). The van der Waals surface area contributed by atoms with Gasteiger partial charge in [0, 0.05) is 12.5 Å². The number of fused-ring (bicyclic) bond motifs is 5. The number of anilines is 2. The summed E-state index contributed by atoms with van der Waals surface area (Å²) in [4.78, 5) is 11.5. The largest absolute Gasteiger partial charge is 0.396 e. The van der Waals surface area contributed by atoms with Crippen molar-refractivity contribution in [1.29, 1.82) is 0 Å². The zero-order valence-corrected chi connectivity index (χ0v) is 11.8. The first-order chi connectivity index (χ1) is 9.65. The summed E-state index contributed by atoms with van der Waals surface area (Å²) < 4.78 is 0. The van der Waals surface area contributed by atoms with Crippen LogP contribution in [0.25, 0.3) is 0 Å². The summed E-state index contributed by atoms with van der Waals surface area (Å²) in [7, 11) is 0. The summed E-state index contributed by atoms with van der Waals surface area (Å²) in [5, 5.41) is 0. The molecule has 0 amide bonds. The summed E-state index contributed by atoms with van der Waals surface area (Å²) in [6.07, 6.45) is 1.19. The number of aromatic nitrogens is 2. The molecule has 1 aliphatic heterocycles. The minimum absolute atomic E-state index is 0.429. The lowest BCUT2D eigenvalue weighted by molar-refractivity contribution is 0.712. The molecule has 0 radical (unpaired) electrons. The van der Waals surface area contributed by atoms with Crippen molar-refractivity contribution in [3.8, 4) is 0 Å². The van der Waals surface area contributed by atoms with Crippen molar-refractivity contribution in [2.75, 3.05) is 17.2 Å². The number of nitrogen functional groups attached to an aromatic ring is 1. The van der Waals surface area contributed by atoms with Gasteiger partial charge in [0.1, 0.15) is 0 Å². The zero-order chi connectivity index (χ0) is 13.9. The van der Waals surface area contributed by atoms with Gasteiger partial charge in [-0.15, -0.1) is 0 Å². The molecule has 2 bridgehead atoms. The SMILES string of the molecule is Cc1nc(N2CC3CC2c2ccccc23)nc(C)c1N. The molecule has 1 aliphatic carbocycles.